The third-order valence-electron chi connectivity index (χ3n) is 6.15. The van der Waals surface area contributed by atoms with E-state index in [1.54, 1.807) is 10.8 Å². The third-order valence-corrected chi connectivity index (χ3v) is 6.15. The molecular weight excluding hydrogens is 386 g/mol. The van der Waals surface area contributed by atoms with Crippen LogP contribution in [0.15, 0.2) is 77.7 Å². The number of pyridine rings is 1. The molecule has 0 N–H and O–H groups in total. The number of rotatable bonds is 4. The summed E-state index contributed by atoms with van der Waals surface area (Å²) in [7, 11) is 0. The molecule has 31 heavy (non-hydrogen) atoms. The Bertz CT molecular complexity index is 1090. The first kappa shape index (κ1) is 20.9. The molecular formula is C26H29N3O2. The highest BCUT2D eigenvalue weighted by molar-refractivity contribution is 5.95. The van der Waals surface area contributed by atoms with Crippen molar-refractivity contribution in [2.24, 2.45) is 0 Å². The minimum atomic E-state index is -0.217. The van der Waals surface area contributed by atoms with Crippen molar-refractivity contribution >= 4 is 11.6 Å². The molecule has 1 atom stereocenters. The number of nitrogens with zero attached hydrogens (tertiary/aromatic N) is 3. The summed E-state index contributed by atoms with van der Waals surface area (Å²) in [6, 6.07) is 21.9. The fraction of sp³-hybridized carbons (Fsp3) is 0.308. The number of benzene rings is 2. The molecule has 5 nitrogen and oxygen atoms in total. The molecule has 0 saturated carbocycles. The number of anilines is 1. The number of aryl methyl sites for hydroxylation is 1. The zero-order chi connectivity index (χ0) is 21.8. The van der Waals surface area contributed by atoms with E-state index >= 15 is 0 Å². The SMILES string of the molecule is Cc1ccn(C(C)c2ccccc2)c(=O)c1C(=O)N1CCCN(c2ccccc2)CC1. The number of amides is 1. The smallest absolute Gasteiger partial charge is 0.264 e. The van der Waals surface area contributed by atoms with E-state index in [0.717, 1.165) is 30.6 Å². The number of aromatic nitrogens is 1. The van der Waals surface area contributed by atoms with E-state index in [-0.39, 0.29) is 17.5 Å². The molecule has 1 aromatic heterocycles. The van der Waals surface area contributed by atoms with Crippen LogP contribution in [0.2, 0.25) is 0 Å². The largest absolute Gasteiger partial charge is 0.370 e. The van der Waals surface area contributed by atoms with Gasteiger partial charge in [0.05, 0.1) is 6.04 Å². The van der Waals surface area contributed by atoms with E-state index in [4.69, 9.17) is 0 Å². The van der Waals surface area contributed by atoms with Crippen LogP contribution in [0.5, 0.6) is 0 Å². The number of hydrogen-bond donors (Lipinski definition) is 0. The summed E-state index contributed by atoms with van der Waals surface area (Å²) >= 11 is 0. The fourth-order valence-electron chi connectivity index (χ4n) is 4.27. The van der Waals surface area contributed by atoms with Crippen molar-refractivity contribution in [3.63, 3.8) is 0 Å². The van der Waals surface area contributed by atoms with Crippen LogP contribution >= 0.6 is 0 Å². The Hall–Kier alpha value is -3.34. The molecule has 0 bridgehead atoms. The summed E-state index contributed by atoms with van der Waals surface area (Å²) < 4.78 is 1.67. The van der Waals surface area contributed by atoms with Gasteiger partial charge < -0.3 is 14.4 Å². The second kappa shape index (κ2) is 9.21. The van der Waals surface area contributed by atoms with Gasteiger partial charge in [-0.05, 0) is 49.6 Å². The molecule has 3 aromatic rings. The summed E-state index contributed by atoms with van der Waals surface area (Å²) in [4.78, 5) is 31.0. The second-order valence-electron chi connectivity index (χ2n) is 8.14. The van der Waals surface area contributed by atoms with Gasteiger partial charge in [0.1, 0.15) is 5.56 Å². The van der Waals surface area contributed by atoms with Gasteiger partial charge in [0.15, 0.2) is 0 Å². The molecule has 5 heteroatoms. The van der Waals surface area contributed by atoms with Gasteiger partial charge in [-0.15, -0.1) is 0 Å². The third kappa shape index (κ3) is 4.41. The average molecular weight is 416 g/mol. The number of carbonyl (C=O) groups is 1. The fourth-order valence-corrected chi connectivity index (χ4v) is 4.27. The van der Waals surface area contributed by atoms with Gasteiger partial charge in [-0.3, -0.25) is 9.59 Å². The quantitative estimate of drug-likeness (QED) is 0.644. The summed E-state index contributed by atoms with van der Waals surface area (Å²) in [6.45, 7) is 6.76. The molecule has 1 saturated heterocycles. The molecule has 2 heterocycles. The predicted molar refractivity (Wildman–Crippen MR) is 125 cm³/mol. The van der Waals surface area contributed by atoms with Gasteiger partial charge in [-0.2, -0.15) is 0 Å². The van der Waals surface area contributed by atoms with Gasteiger partial charge in [0.2, 0.25) is 0 Å². The maximum absolute atomic E-state index is 13.4. The molecule has 0 radical (unpaired) electrons. The van der Waals surface area contributed by atoms with Gasteiger partial charge >= 0.3 is 0 Å². The maximum Gasteiger partial charge on any atom is 0.264 e. The van der Waals surface area contributed by atoms with Crippen LogP contribution in [0.25, 0.3) is 0 Å². The van der Waals surface area contributed by atoms with Crippen molar-refractivity contribution in [2.45, 2.75) is 26.3 Å². The van der Waals surface area contributed by atoms with Crippen LogP contribution in [0, 0.1) is 6.92 Å². The normalized spacial score (nSPS) is 15.4. The van der Waals surface area contributed by atoms with E-state index in [2.05, 4.69) is 17.0 Å². The maximum atomic E-state index is 13.4. The lowest BCUT2D eigenvalue weighted by atomic mass is 10.1. The Kier molecular flexibility index (Phi) is 6.21. The van der Waals surface area contributed by atoms with Crippen LogP contribution in [0.3, 0.4) is 0 Å². The van der Waals surface area contributed by atoms with E-state index in [0.29, 0.717) is 18.7 Å². The molecule has 1 aliphatic rings. The minimum absolute atomic E-state index is 0.140. The first-order valence-electron chi connectivity index (χ1n) is 10.9. The highest BCUT2D eigenvalue weighted by atomic mass is 16.2. The van der Waals surface area contributed by atoms with E-state index in [1.807, 2.05) is 73.3 Å². The standard InChI is InChI=1S/C26H29N3O2/c1-20-14-17-29(21(2)22-10-5-3-6-11-22)26(31)24(20)25(30)28-16-9-15-27(18-19-28)23-12-7-4-8-13-23/h3-8,10-14,17,21H,9,15-16,18-19H2,1-2H3. The molecule has 0 aliphatic carbocycles. The number of carbonyl (C=O) groups excluding carboxylic acids is 1. The van der Waals surface area contributed by atoms with Crippen molar-refractivity contribution in [1.29, 1.82) is 0 Å². The van der Waals surface area contributed by atoms with Gasteiger partial charge in [0.25, 0.3) is 11.5 Å². The summed E-state index contributed by atoms with van der Waals surface area (Å²) in [6.07, 6.45) is 2.67. The summed E-state index contributed by atoms with van der Waals surface area (Å²) in [5.41, 5.74) is 3.02. The molecule has 2 aromatic carbocycles. The zero-order valence-electron chi connectivity index (χ0n) is 18.2. The first-order chi connectivity index (χ1) is 15.1. The van der Waals surface area contributed by atoms with Crippen LogP contribution in [0.1, 0.15) is 40.9 Å². The van der Waals surface area contributed by atoms with Crippen LogP contribution in [-0.2, 0) is 0 Å². The van der Waals surface area contributed by atoms with Crippen LogP contribution in [0.4, 0.5) is 5.69 Å². The van der Waals surface area contributed by atoms with Crippen molar-refractivity contribution < 1.29 is 4.79 Å². The molecule has 160 valence electrons. The van der Waals surface area contributed by atoms with Crippen molar-refractivity contribution in [3.05, 3.63) is 100.0 Å². The minimum Gasteiger partial charge on any atom is -0.370 e. The van der Waals surface area contributed by atoms with Gasteiger partial charge in [0, 0.05) is 38.1 Å². The van der Waals surface area contributed by atoms with Crippen molar-refractivity contribution in [2.75, 3.05) is 31.1 Å². The number of para-hydroxylation sites is 1. The van der Waals surface area contributed by atoms with E-state index in [1.165, 1.54) is 5.69 Å². The lowest BCUT2D eigenvalue weighted by molar-refractivity contribution is 0.0763. The Morgan fingerprint density at radius 2 is 1.55 bits per heavy atom. The molecule has 4 rings (SSSR count). The average Bonchev–Trinajstić information content (AvgIpc) is 3.06. The first-order valence-corrected chi connectivity index (χ1v) is 10.9. The second-order valence-corrected chi connectivity index (χ2v) is 8.14. The summed E-state index contributed by atoms with van der Waals surface area (Å²) in [5, 5.41) is 0. The van der Waals surface area contributed by atoms with E-state index < -0.39 is 0 Å². The molecule has 1 fully saturated rings. The Morgan fingerprint density at radius 3 is 2.26 bits per heavy atom. The number of hydrogen-bond acceptors (Lipinski definition) is 3. The van der Waals surface area contributed by atoms with Crippen molar-refractivity contribution in [1.82, 2.24) is 9.47 Å². The highest BCUT2D eigenvalue weighted by Gasteiger charge is 2.25. The predicted octanol–water partition coefficient (Wildman–Crippen LogP) is 4.12. The highest BCUT2D eigenvalue weighted by Crippen LogP contribution is 2.19. The zero-order valence-corrected chi connectivity index (χ0v) is 18.2. The van der Waals surface area contributed by atoms with Gasteiger partial charge in [-0.1, -0.05) is 48.5 Å². The molecule has 1 aliphatic heterocycles. The molecule has 1 amide bonds. The van der Waals surface area contributed by atoms with Crippen LogP contribution in [-0.4, -0.2) is 41.6 Å². The van der Waals surface area contributed by atoms with E-state index in [9.17, 15) is 9.59 Å². The lowest BCUT2D eigenvalue weighted by Crippen LogP contribution is -2.40. The summed E-state index contributed by atoms with van der Waals surface area (Å²) in [5.74, 6) is -0.160. The molecule has 0 spiro atoms. The Balaban J connectivity index is 1.58. The van der Waals surface area contributed by atoms with Gasteiger partial charge in [-0.25, -0.2) is 0 Å². The topological polar surface area (TPSA) is 45.6 Å². The van der Waals surface area contributed by atoms with Crippen LogP contribution < -0.4 is 10.5 Å². The monoisotopic (exact) mass is 415 g/mol. The Labute approximate surface area is 183 Å². The Morgan fingerprint density at radius 1 is 0.871 bits per heavy atom. The van der Waals surface area contributed by atoms with Crippen molar-refractivity contribution in [3.8, 4) is 0 Å². The molecule has 1 unspecified atom stereocenters. The lowest BCUT2D eigenvalue weighted by Gasteiger charge is -2.24.